The quantitative estimate of drug-likeness (QED) is 0.683. The second-order valence-electron chi connectivity index (χ2n) is 5.65. The Labute approximate surface area is 136 Å². The number of nitrogens with zero attached hydrogens (tertiary/aromatic N) is 2. The Hall–Kier alpha value is -2.42. The first-order valence-corrected chi connectivity index (χ1v) is 7.36. The van der Waals surface area contributed by atoms with E-state index in [1.165, 1.54) is 4.68 Å². The molecule has 0 saturated heterocycles. The first-order valence-electron chi connectivity index (χ1n) is 7.36. The maximum absolute atomic E-state index is 12.9. The molecule has 0 fully saturated rings. The number of aromatic nitrogens is 2. The van der Waals surface area contributed by atoms with Gasteiger partial charge in [0.2, 0.25) is 0 Å². The lowest BCUT2D eigenvalue weighted by molar-refractivity contribution is 0.0941. The van der Waals surface area contributed by atoms with Crippen LogP contribution in [0.3, 0.4) is 0 Å². The zero-order chi connectivity index (χ0) is 17.1. The third-order valence-corrected chi connectivity index (χ3v) is 3.74. The first-order chi connectivity index (χ1) is 10.9. The molecule has 0 aliphatic heterocycles. The molecule has 5 nitrogen and oxygen atoms in total. The van der Waals surface area contributed by atoms with Gasteiger partial charge in [-0.25, -0.2) is 5.90 Å². The molecule has 23 heavy (non-hydrogen) atoms. The van der Waals surface area contributed by atoms with Gasteiger partial charge in [-0.15, -0.1) is 0 Å². The first kappa shape index (κ1) is 16.9. The van der Waals surface area contributed by atoms with Crippen molar-refractivity contribution in [2.45, 2.75) is 34.6 Å². The van der Waals surface area contributed by atoms with Gasteiger partial charge in [0.05, 0.1) is 17.0 Å². The lowest BCUT2D eigenvalue weighted by Gasteiger charge is -2.11. The lowest BCUT2D eigenvalue weighted by atomic mass is 9.99. The molecule has 0 aliphatic rings. The van der Waals surface area contributed by atoms with Gasteiger partial charge in [0.15, 0.2) is 0 Å². The largest absolute Gasteiger partial charge is 0.292 e. The molecule has 0 unspecified atom stereocenters. The maximum Gasteiger partial charge on any atom is 0.278 e. The second kappa shape index (κ2) is 6.78. The molecule has 2 rings (SSSR count). The Balaban J connectivity index is 2.50. The molecular formula is C18H21N3O2. The van der Waals surface area contributed by atoms with E-state index in [0.717, 1.165) is 27.9 Å². The summed E-state index contributed by atoms with van der Waals surface area (Å²) in [5.74, 6) is 10.6. The molecule has 5 heteroatoms. The van der Waals surface area contributed by atoms with Crippen LogP contribution >= 0.6 is 0 Å². The zero-order valence-electron chi connectivity index (χ0n) is 14.2. The molecule has 0 bridgehead atoms. The van der Waals surface area contributed by atoms with E-state index in [-0.39, 0.29) is 12.5 Å². The molecule has 1 aromatic carbocycles. The summed E-state index contributed by atoms with van der Waals surface area (Å²) in [6, 6.07) is 4.01. The Morgan fingerprint density at radius 1 is 1.22 bits per heavy atom. The summed E-state index contributed by atoms with van der Waals surface area (Å²) in [5.41, 5.74) is 5.88. The van der Waals surface area contributed by atoms with E-state index in [0.29, 0.717) is 11.3 Å². The van der Waals surface area contributed by atoms with Gasteiger partial charge in [0, 0.05) is 5.56 Å². The molecule has 1 aromatic heterocycles. The van der Waals surface area contributed by atoms with Gasteiger partial charge < -0.3 is 0 Å². The predicted octanol–water partition coefficient (Wildman–Crippen LogP) is 2.36. The fourth-order valence-electron chi connectivity index (χ4n) is 2.81. The molecule has 0 amide bonds. The highest BCUT2D eigenvalue weighted by Gasteiger charge is 2.20. The SMILES string of the molecule is Cc1cc(C)c(C(=O)n2nc(C)c(C#CCON)c2C)c(C)c1. The van der Waals surface area contributed by atoms with Crippen LogP contribution in [0.15, 0.2) is 12.1 Å². The number of hydrogen-bond acceptors (Lipinski definition) is 4. The van der Waals surface area contributed by atoms with E-state index < -0.39 is 0 Å². The van der Waals surface area contributed by atoms with Crippen LogP contribution in [0, 0.1) is 46.5 Å². The minimum Gasteiger partial charge on any atom is -0.292 e. The maximum atomic E-state index is 12.9. The molecule has 0 saturated carbocycles. The number of aryl methyl sites for hydroxylation is 4. The summed E-state index contributed by atoms with van der Waals surface area (Å²) in [6.07, 6.45) is 0. The van der Waals surface area contributed by atoms with Gasteiger partial charge in [-0.3, -0.25) is 9.63 Å². The predicted molar refractivity (Wildman–Crippen MR) is 89.1 cm³/mol. The molecule has 0 aliphatic carbocycles. The van der Waals surface area contributed by atoms with Gasteiger partial charge >= 0.3 is 0 Å². The smallest absolute Gasteiger partial charge is 0.278 e. The summed E-state index contributed by atoms with van der Waals surface area (Å²) >= 11 is 0. The topological polar surface area (TPSA) is 70.1 Å². The average molecular weight is 311 g/mol. The molecule has 0 atom stereocenters. The van der Waals surface area contributed by atoms with Gasteiger partial charge in [0.25, 0.3) is 5.91 Å². The van der Waals surface area contributed by atoms with Crippen molar-refractivity contribution in [3.63, 3.8) is 0 Å². The summed E-state index contributed by atoms with van der Waals surface area (Å²) < 4.78 is 1.42. The van der Waals surface area contributed by atoms with Gasteiger partial charge in [-0.2, -0.15) is 9.78 Å². The highest BCUT2D eigenvalue weighted by atomic mass is 16.6. The van der Waals surface area contributed by atoms with Gasteiger partial charge in [0.1, 0.15) is 6.61 Å². The number of hydrogen-bond donors (Lipinski definition) is 1. The molecule has 2 aromatic rings. The molecule has 120 valence electrons. The van der Waals surface area contributed by atoms with E-state index >= 15 is 0 Å². The van der Waals surface area contributed by atoms with Crippen LogP contribution < -0.4 is 5.90 Å². The highest BCUT2D eigenvalue weighted by Crippen LogP contribution is 2.20. The van der Waals surface area contributed by atoms with Crippen LogP contribution in [0.2, 0.25) is 0 Å². The minimum absolute atomic E-state index is 0.133. The van der Waals surface area contributed by atoms with E-state index in [4.69, 9.17) is 5.90 Å². The van der Waals surface area contributed by atoms with Gasteiger partial charge in [-0.05, 0) is 45.7 Å². The van der Waals surface area contributed by atoms with E-state index in [1.807, 2.05) is 46.8 Å². The Kier molecular flexibility index (Phi) is 4.99. The van der Waals surface area contributed by atoms with Crippen molar-refractivity contribution in [3.8, 4) is 11.8 Å². The van der Waals surface area contributed by atoms with Crippen LogP contribution in [0.5, 0.6) is 0 Å². The summed E-state index contributed by atoms with van der Waals surface area (Å²) in [6.45, 7) is 9.71. The Morgan fingerprint density at radius 2 is 1.83 bits per heavy atom. The van der Waals surface area contributed by atoms with Crippen molar-refractivity contribution in [3.05, 3.63) is 51.3 Å². The second-order valence-corrected chi connectivity index (χ2v) is 5.65. The normalized spacial score (nSPS) is 10.3. The third-order valence-electron chi connectivity index (χ3n) is 3.74. The fourth-order valence-corrected chi connectivity index (χ4v) is 2.81. The summed E-state index contributed by atoms with van der Waals surface area (Å²) in [4.78, 5) is 17.4. The van der Waals surface area contributed by atoms with E-state index in [2.05, 4.69) is 21.8 Å². The molecule has 1 heterocycles. The van der Waals surface area contributed by atoms with Crippen molar-refractivity contribution >= 4 is 5.91 Å². The highest BCUT2D eigenvalue weighted by molar-refractivity contribution is 5.98. The fraction of sp³-hybridized carbons (Fsp3) is 0.333. The number of nitrogens with two attached hydrogens (primary N) is 1. The standard InChI is InChI=1S/C18H21N3O2/c1-11-9-12(2)17(13(3)10-11)18(22)21-15(5)16(14(4)20-21)7-6-8-23-19/h9-10H,8,19H2,1-5H3. The van der Waals surface area contributed by atoms with Crippen LogP contribution in [-0.4, -0.2) is 22.3 Å². The van der Waals surface area contributed by atoms with E-state index in [1.54, 1.807) is 0 Å². The molecule has 0 spiro atoms. The van der Waals surface area contributed by atoms with Crippen molar-refractivity contribution in [2.24, 2.45) is 5.90 Å². The Morgan fingerprint density at radius 3 is 2.39 bits per heavy atom. The van der Waals surface area contributed by atoms with Crippen LogP contribution in [0.25, 0.3) is 0 Å². The van der Waals surface area contributed by atoms with Crippen molar-refractivity contribution in [1.29, 1.82) is 0 Å². The van der Waals surface area contributed by atoms with Crippen molar-refractivity contribution in [2.75, 3.05) is 6.61 Å². The van der Waals surface area contributed by atoms with Crippen LogP contribution in [-0.2, 0) is 4.84 Å². The lowest BCUT2D eigenvalue weighted by Crippen LogP contribution is -2.18. The minimum atomic E-state index is -0.135. The monoisotopic (exact) mass is 311 g/mol. The summed E-state index contributed by atoms with van der Waals surface area (Å²) in [5, 5.41) is 4.36. The zero-order valence-corrected chi connectivity index (χ0v) is 14.2. The van der Waals surface area contributed by atoms with Crippen LogP contribution in [0.1, 0.15) is 44.0 Å². The summed E-state index contributed by atoms with van der Waals surface area (Å²) in [7, 11) is 0. The van der Waals surface area contributed by atoms with Crippen molar-refractivity contribution < 1.29 is 9.63 Å². The Bertz CT molecular complexity index is 800. The molecule has 2 N–H and O–H groups in total. The number of rotatable bonds is 2. The molecular weight excluding hydrogens is 290 g/mol. The van der Waals surface area contributed by atoms with Gasteiger partial charge in [-0.1, -0.05) is 29.5 Å². The van der Waals surface area contributed by atoms with Crippen LogP contribution in [0.4, 0.5) is 0 Å². The third kappa shape index (κ3) is 3.34. The average Bonchev–Trinajstić information content (AvgIpc) is 2.74. The number of benzene rings is 1. The number of carbonyl (C=O) groups excluding carboxylic acids is 1. The van der Waals surface area contributed by atoms with E-state index in [9.17, 15) is 4.79 Å². The number of carbonyl (C=O) groups is 1. The molecule has 0 radical (unpaired) electrons. The van der Waals surface area contributed by atoms with Crippen molar-refractivity contribution in [1.82, 2.24) is 9.78 Å².